The normalized spacial score (nSPS) is 12.6. The lowest BCUT2D eigenvalue weighted by Crippen LogP contribution is -2.26. The van der Waals surface area contributed by atoms with Crippen LogP contribution in [0.1, 0.15) is 0 Å². The number of hydrogen-bond acceptors (Lipinski definition) is 6. The maximum atomic E-state index is 10.1. The van der Waals surface area contributed by atoms with Gasteiger partial charge in [0.05, 0.1) is 0 Å². The topological polar surface area (TPSA) is 83.0 Å². The molecule has 0 saturated heterocycles. The van der Waals surface area contributed by atoms with E-state index in [1.54, 1.807) is 24.3 Å². The molecule has 3 aromatic rings. The molecular formula is C24H26Br2N2O4. The van der Waals surface area contributed by atoms with Crippen LogP contribution in [-0.4, -0.2) is 48.7 Å². The van der Waals surface area contributed by atoms with Gasteiger partial charge in [0.25, 0.3) is 0 Å². The van der Waals surface area contributed by atoms with Crippen LogP contribution in [0, 0.1) is 0 Å². The minimum absolute atomic E-state index is 0.164. The monoisotopic (exact) mass is 564 g/mol. The summed E-state index contributed by atoms with van der Waals surface area (Å²) in [7, 11) is 0. The summed E-state index contributed by atoms with van der Waals surface area (Å²) in [5.74, 6) is 1.27. The van der Waals surface area contributed by atoms with Crippen LogP contribution in [0.3, 0.4) is 0 Å². The Kier molecular flexibility index (Phi) is 9.67. The lowest BCUT2D eigenvalue weighted by Gasteiger charge is -2.16. The van der Waals surface area contributed by atoms with Crippen LogP contribution in [0.15, 0.2) is 81.7 Å². The first-order chi connectivity index (χ1) is 15.5. The first-order valence-electron chi connectivity index (χ1n) is 10.2. The Labute approximate surface area is 204 Å². The van der Waals surface area contributed by atoms with E-state index >= 15 is 0 Å². The summed E-state index contributed by atoms with van der Waals surface area (Å²) in [5.41, 5.74) is 1.84. The number of benzene rings is 3. The Morgan fingerprint density at radius 3 is 1.38 bits per heavy atom. The number of nitrogens with one attached hydrogen (secondary N) is 2. The third kappa shape index (κ3) is 8.02. The summed E-state index contributed by atoms with van der Waals surface area (Å²) in [4.78, 5) is 0. The molecule has 32 heavy (non-hydrogen) atoms. The number of hydrogen-bond donors (Lipinski definition) is 4. The molecule has 8 heteroatoms. The van der Waals surface area contributed by atoms with Gasteiger partial charge in [-0.25, -0.2) is 0 Å². The number of halogens is 2. The summed E-state index contributed by atoms with van der Waals surface area (Å²) in [6.45, 7) is 1.07. The Bertz CT molecular complexity index is 894. The first-order valence-corrected chi connectivity index (χ1v) is 11.8. The van der Waals surface area contributed by atoms with E-state index in [0.29, 0.717) is 24.6 Å². The van der Waals surface area contributed by atoms with E-state index in [2.05, 4.69) is 42.5 Å². The molecule has 0 aliphatic carbocycles. The van der Waals surface area contributed by atoms with E-state index < -0.39 is 12.2 Å². The van der Waals surface area contributed by atoms with Gasteiger partial charge in [-0.15, -0.1) is 0 Å². The van der Waals surface area contributed by atoms with Crippen LogP contribution in [0.4, 0.5) is 11.4 Å². The molecule has 3 rings (SSSR count). The van der Waals surface area contributed by atoms with Crippen LogP contribution >= 0.6 is 31.9 Å². The highest BCUT2D eigenvalue weighted by molar-refractivity contribution is 9.11. The molecule has 4 N–H and O–H groups in total. The number of para-hydroxylation sites is 2. The number of anilines is 2. The summed E-state index contributed by atoms with van der Waals surface area (Å²) in [6.07, 6.45) is -1.32. The fourth-order valence-electron chi connectivity index (χ4n) is 2.80. The molecule has 0 bridgehead atoms. The van der Waals surface area contributed by atoms with Crippen molar-refractivity contribution in [2.45, 2.75) is 12.2 Å². The summed E-state index contributed by atoms with van der Waals surface area (Å²) >= 11 is 6.93. The molecule has 3 aromatic carbocycles. The highest BCUT2D eigenvalue weighted by atomic mass is 79.9. The predicted octanol–water partition coefficient (Wildman–Crippen LogP) is 4.92. The zero-order valence-corrected chi connectivity index (χ0v) is 20.6. The fraction of sp³-hybridized carbons (Fsp3) is 0.250. The molecule has 0 saturated carbocycles. The Morgan fingerprint density at radius 2 is 1.00 bits per heavy atom. The van der Waals surface area contributed by atoms with Crippen LogP contribution in [0.25, 0.3) is 0 Å². The minimum Gasteiger partial charge on any atom is -0.491 e. The zero-order chi connectivity index (χ0) is 22.8. The van der Waals surface area contributed by atoms with Crippen molar-refractivity contribution in [1.82, 2.24) is 0 Å². The van der Waals surface area contributed by atoms with Gasteiger partial charge < -0.3 is 30.3 Å². The van der Waals surface area contributed by atoms with Crippen molar-refractivity contribution in [3.63, 3.8) is 0 Å². The molecule has 0 aliphatic heterocycles. The second kappa shape index (κ2) is 12.7. The van der Waals surface area contributed by atoms with E-state index in [9.17, 15) is 10.2 Å². The maximum absolute atomic E-state index is 10.1. The van der Waals surface area contributed by atoms with E-state index in [1.807, 2.05) is 48.5 Å². The quantitative estimate of drug-likeness (QED) is 0.250. The predicted molar refractivity (Wildman–Crippen MR) is 135 cm³/mol. The average Bonchev–Trinajstić information content (AvgIpc) is 2.81. The molecule has 2 unspecified atom stereocenters. The smallest absolute Gasteiger partial charge is 0.119 e. The van der Waals surface area contributed by atoms with Gasteiger partial charge in [-0.3, -0.25) is 0 Å². The van der Waals surface area contributed by atoms with E-state index in [4.69, 9.17) is 9.47 Å². The van der Waals surface area contributed by atoms with E-state index in [1.165, 1.54) is 0 Å². The molecule has 0 heterocycles. The van der Waals surface area contributed by atoms with Gasteiger partial charge >= 0.3 is 0 Å². The van der Waals surface area contributed by atoms with Gasteiger partial charge in [-0.05, 0) is 80.4 Å². The van der Waals surface area contributed by atoms with Crippen molar-refractivity contribution in [1.29, 1.82) is 0 Å². The maximum Gasteiger partial charge on any atom is 0.119 e. The van der Waals surface area contributed by atoms with Crippen molar-refractivity contribution >= 4 is 43.2 Å². The van der Waals surface area contributed by atoms with Crippen molar-refractivity contribution in [2.75, 3.05) is 36.9 Å². The van der Waals surface area contributed by atoms with E-state index in [-0.39, 0.29) is 13.2 Å². The summed E-state index contributed by atoms with van der Waals surface area (Å²) < 4.78 is 13.2. The third-order valence-electron chi connectivity index (χ3n) is 4.51. The highest BCUT2D eigenvalue weighted by Crippen LogP contribution is 2.22. The minimum atomic E-state index is -0.662. The second-order valence-electron chi connectivity index (χ2n) is 7.12. The molecule has 6 nitrogen and oxygen atoms in total. The molecule has 0 fully saturated rings. The second-order valence-corrected chi connectivity index (χ2v) is 8.83. The van der Waals surface area contributed by atoms with Crippen molar-refractivity contribution in [3.8, 4) is 11.5 Å². The van der Waals surface area contributed by atoms with Gasteiger partial charge in [0, 0.05) is 33.4 Å². The Balaban J connectivity index is 1.35. The average molecular weight is 566 g/mol. The number of aliphatic hydroxyl groups is 2. The van der Waals surface area contributed by atoms with Crippen LogP contribution in [0.5, 0.6) is 11.5 Å². The van der Waals surface area contributed by atoms with Crippen LogP contribution in [-0.2, 0) is 0 Å². The van der Waals surface area contributed by atoms with Gasteiger partial charge in [0.2, 0.25) is 0 Å². The third-order valence-corrected chi connectivity index (χ3v) is 5.90. The van der Waals surface area contributed by atoms with Gasteiger partial charge in [0.1, 0.15) is 36.9 Å². The van der Waals surface area contributed by atoms with Crippen molar-refractivity contribution < 1.29 is 19.7 Å². The molecule has 0 amide bonds. The van der Waals surface area contributed by atoms with Crippen LogP contribution in [0.2, 0.25) is 0 Å². The lowest BCUT2D eigenvalue weighted by atomic mass is 10.3. The van der Waals surface area contributed by atoms with Gasteiger partial charge in [-0.2, -0.15) is 0 Å². The van der Waals surface area contributed by atoms with Gasteiger partial charge in [-0.1, -0.05) is 24.3 Å². The fourth-order valence-corrected chi connectivity index (χ4v) is 3.65. The van der Waals surface area contributed by atoms with E-state index in [0.717, 1.165) is 20.3 Å². The summed E-state index contributed by atoms with van der Waals surface area (Å²) in [5, 5.41) is 26.7. The molecular weight excluding hydrogens is 540 g/mol. The summed E-state index contributed by atoms with van der Waals surface area (Å²) in [6, 6.07) is 22.6. The number of rotatable bonds is 12. The Hall–Kier alpha value is -2.26. The van der Waals surface area contributed by atoms with Crippen molar-refractivity contribution in [3.05, 3.63) is 81.7 Å². The highest BCUT2D eigenvalue weighted by Gasteiger charge is 2.09. The largest absolute Gasteiger partial charge is 0.491 e. The first kappa shape index (κ1) is 24.4. The van der Waals surface area contributed by atoms with Crippen molar-refractivity contribution in [2.24, 2.45) is 0 Å². The standard InChI is InChI=1S/C24H26Br2N2O4/c25-21-5-1-3-7-23(21)27-13-17(29)15-31-19-9-11-20(12-10-19)32-16-18(30)14-28-24-8-4-2-6-22(24)26/h1-12,17-18,27-30H,13-16H2. The molecule has 170 valence electrons. The van der Waals surface area contributed by atoms with Gasteiger partial charge in [0.15, 0.2) is 0 Å². The number of aliphatic hydroxyl groups excluding tert-OH is 2. The zero-order valence-electron chi connectivity index (χ0n) is 17.4. The SMILES string of the molecule is OC(CNc1ccccc1Br)COc1ccc(OCC(O)CNc2ccccc2Br)cc1. The van der Waals surface area contributed by atoms with Crippen LogP contribution < -0.4 is 20.1 Å². The lowest BCUT2D eigenvalue weighted by molar-refractivity contribution is 0.115. The molecule has 2 atom stereocenters. The molecule has 0 aliphatic rings. The molecule has 0 spiro atoms. The Morgan fingerprint density at radius 1 is 0.625 bits per heavy atom. The molecule has 0 radical (unpaired) electrons. The molecule has 0 aromatic heterocycles. The number of ether oxygens (including phenoxy) is 2.